The van der Waals surface area contributed by atoms with Gasteiger partial charge < -0.3 is 0 Å². The van der Waals surface area contributed by atoms with Gasteiger partial charge in [-0.05, 0) is 0 Å². The molecule has 0 aromatic rings. The van der Waals surface area contributed by atoms with E-state index in [0.717, 1.165) is 0 Å². The van der Waals surface area contributed by atoms with Crippen molar-refractivity contribution in [3.63, 3.8) is 0 Å². The van der Waals surface area contributed by atoms with Gasteiger partial charge in [0.15, 0.2) is 0 Å². The van der Waals surface area contributed by atoms with Crippen molar-refractivity contribution in [3.8, 4) is 6.07 Å². The average molecular weight is 239 g/mol. The van der Waals surface area contributed by atoms with Crippen molar-refractivity contribution in [2.75, 3.05) is 0 Å². The second-order valence-electron chi connectivity index (χ2n) is 2.00. The summed E-state index contributed by atoms with van der Waals surface area (Å²) < 4.78 is 1.73. The Kier molecular flexibility index (Phi) is 6.60. The maximum absolute atomic E-state index is 8.42. The summed E-state index contributed by atoms with van der Waals surface area (Å²) >= 11 is 0.0346. The molecule has 0 heterocycles. The van der Waals surface area contributed by atoms with Gasteiger partial charge in [-0.3, -0.25) is 0 Å². The van der Waals surface area contributed by atoms with Gasteiger partial charge >= 0.3 is 67.4 Å². The second-order valence-corrected chi connectivity index (χ2v) is 6.13. The van der Waals surface area contributed by atoms with Crippen molar-refractivity contribution < 1.29 is 0 Å². The molecule has 0 fully saturated rings. The molecule has 0 spiro atoms. The first-order valence-corrected chi connectivity index (χ1v) is 6.31. The van der Waals surface area contributed by atoms with E-state index in [1.165, 1.54) is 17.3 Å². The Labute approximate surface area is 67.5 Å². The number of hydrogen-bond donors (Lipinski definition) is 0. The van der Waals surface area contributed by atoms with Gasteiger partial charge in [0.05, 0.1) is 0 Å². The van der Waals surface area contributed by atoms with Crippen molar-refractivity contribution in [3.05, 3.63) is 0 Å². The molecule has 0 saturated carbocycles. The molecule has 0 aromatic carbocycles. The monoisotopic (exact) mass is 241 g/mol. The Morgan fingerprint density at radius 2 is 2.33 bits per heavy atom. The van der Waals surface area contributed by atoms with Crippen LogP contribution in [-0.4, -0.2) is 20.9 Å². The van der Waals surface area contributed by atoms with Crippen LogP contribution >= 0.6 is 0 Å². The van der Waals surface area contributed by atoms with Gasteiger partial charge in [-0.15, -0.1) is 0 Å². The average Bonchev–Trinajstić information content (AvgIpc) is 1.89. The number of nitrogens with zero attached hydrogens (tertiary/aromatic N) is 1. The van der Waals surface area contributed by atoms with Crippen LogP contribution < -0.4 is 0 Å². The molecule has 0 aromatic heterocycles. The van der Waals surface area contributed by atoms with Gasteiger partial charge in [-0.2, -0.15) is 0 Å². The topological polar surface area (TPSA) is 23.8 Å². The van der Waals surface area contributed by atoms with Gasteiger partial charge in [-0.1, -0.05) is 0 Å². The summed E-state index contributed by atoms with van der Waals surface area (Å²) in [6.45, 7) is 4.24. The van der Waals surface area contributed by atoms with Gasteiger partial charge in [0.25, 0.3) is 0 Å². The summed E-state index contributed by atoms with van der Waals surface area (Å²) in [7, 11) is 0. The van der Waals surface area contributed by atoms with E-state index in [1.807, 2.05) is 6.92 Å². The predicted octanol–water partition coefficient (Wildman–Crippen LogP) is 2.24. The van der Waals surface area contributed by atoms with Crippen LogP contribution in [0.5, 0.6) is 0 Å². The third kappa shape index (κ3) is 6.16. The fourth-order valence-corrected chi connectivity index (χ4v) is 2.96. The third-order valence-electron chi connectivity index (χ3n) is 1.05. The van der Waals surface area contributed by atoms with Crippen molar-refractivity contribution in [2.24, 2.45) is 0 Å². The molecular formula is C7H13NTe. The van der Waals surface area contributed by atoms with E-state index in [2.05, 4.69) is 13.0 Å². The molecule has 1 unspecified atom stereocenters. The summed E-state index contributed by atoms with van der Waals surface area (Å²) in [6, 6.07) is 2.28. The van der Waals surface area contributed by atoms with E-state index >= 15 is 0 Å². The molecule has 0 bridgehead atoms. The first-order valence-electron chi connectivity index (χ1n) is 3.32. The van der Waals surface area contributed by atoms with Crippen molar-refractivity contribution in [1.29, 1.82) is 5.26 Å². The van der Waals surface area contributed by atoms with E-state index in [4.69, 9.17) is 5.26 Å². The maximum atomic E-state index is 8.42. The minimum atomic E-state index is 0.0346. The van der Waals surface area contributed by atoms with E-state index in [0.29, 0.717) is 3.97 Å². The number of nitriles is 1. The fraction of sp³-hybridized carbons (Fsp3) is 0.857. The molecule has 1 nitrogen and oxygen atoms in total. The zero-order valence-corrected chi connectivity index (χ0v) is 8.38. The fourth-order valence-electron chi connectivity index (χ4n) is 0.442. The van der Waals surface area contributed by atoms with E-state index < -0.39 is 0 Å². The first kappa shape index (κ1) is 9.28. The van der Waals surface area contributed by atoms with E-state index in [-0.39, 0.29) is 20.9 Å². The Morgan fingerprint density at radius 1 is 1.67 bits per heavy atom. The molecule has 0 aliphatic rings. The van der Waals surface area contributed by atoms with Gasteiger partial charge in [-0.25, -0.2) is 0 Å². The van der Waals surface area contributed by atoms with E-state index in [9.17, 15) is 0 Å². The quantitative estimate of drug-likeness (QED) is 0.545. The second kappa shape index (κ2) is 6.40. The van der Waals surface area contributed by atoms with Crippen LogP contribution in [0.25, 0.3) is 0 Å². The normalized spacial score (nSPS) is 12.6. The summed E-state index contributed by atoms with van der Waals surface area (Å²) in [4.78, 5) is 0. The van der Waals surface area contributed by atoms with E-state index in [1.54, 1.807) is 0 Å². The summed E-state index contributed by atoms with van der Waals surface area (Å²) in [5, 5.41) is 8.42. The number of rotatable bonds is 4. The van der Waals surface area contributed by atoms with Gasteiger partial charge in [0.1, 0.15) is 0 Å². The molecule has 52 valence electrons. The summed E-state index contributed by atoms with van der Waals surface area (Å²) in [5.41, 5.74) is 0. The number of unbranched alkanes of at least 4 members (excludes halogenated alkanes) is 1. The molecule has 1 atom stereocenters. The molecular weight excluding hydrogens is 226 g/mol. The molecule has 0 aliphatic carbocycles. The Hall–Kier alpha value is 0.280. The molecule has 0 aliphatic heterocycles. The molecule has 0 rings (SSSR count). The predicted molar refractivity (Wildman–Crippen MR) is 40.5 cm³/mol. The minimum absolute atomic E-state index is 0.0346. The van der Waals surface area contributed by atoms with Crippen molar-refractivity contribution >= 4 is 20.9 Å². The Bertz CT molecular complexity index is 95.6. The number of hydrogen-bond acceptors (Lipinski definition) is 1. The van der Waals surface area contributed by atoms with Crippen LogP contribution in [0, 0.1) is 11.3 Å². The van der Waals surface area contributed by atoms with Crippen LogP contribution in [0.4, 0.5) is 0 Å². The first-order chi connectivity index (χ1) is 4.31. The Morgan fingerprint density at radius 3 is 2.78 bits per heavy atom. The SMILES string of the molecule is CCCC[Te]C(C)C#N. The molecule has 0 saturated heterocycles. The zero-order chi connectivity index (χ0) is 7.11. The standard InChI is InChI=1S/C7H13NTe/c1-3-4-5-9-7(2)6-8/h7H,3-5H2,1-2H3. The molecule has 9 heavy (non-hydrogen) atoms. The van der Waals surface area contributed by atoms with Crippen molar-refractivity contribution in [2.45, 2.75) is 35.1 Å². The van der Waals surface area contributed by atoms with Gasteiger partial charge in [0.2, 0.25) is 0 Å². The van der Waals surface area contributed by atoms with Crippen LogP contribution in [-0.2, 0) is 0 Å². The van der Waals surface area contributed by atoms with Crippen LogP contribution in [0.2, 0.25) is 8.43 Å². The zero-order valence-electron chi connectivity index (χ0n) is 6.05. The third-order valence-corrected chi connectivity index (χ3v) is 4.27. The van der Waals surface area contributed by atoms with Gasteiger partial charge in [0, 0.05) is 0 Å². The summed E-state index contributed by atoms with van der Waals surface area (Å²) in [5.74, 6) is 0. The summed E-state index contributed by atoms with van der Waals surface area (Å²) in [6.07, 6.45) is 2.61. The molecule has 0 N–H and O–H groups in total. The molecule has 0 amide bonds. The van der Waals surface area contributed by atoms with Crippen LogP contribution in [0.15, 0.2) is 0 Å². The van der Waals surface area contributed by atoms with Crippen LogP contribution in [0.1, 0.15) is 26.7 Å². The Balaban J connectivity index is 2.99. The van der Waals surface area contributed by atoms with Crippen molar-refractivity contribution in [1.82, 2.24) is 0 Å². The molecule has 0 radical (unpaired) electrons. The molecule has 2 heteroatoms. The van der Waals surface area contributed by atoms with Crippen LogP contribution in [0.3, 0.4) is 0 Å².